The zero-order valence-electron chi connectivity index (χ0n) is 11.1. The van der Waals surface area contributed by atoms with E-state index in [1.165, 1.54) is 10.4 Å². The van der Waals surface area contributed by atoms with Crippen LogP contribution in [0.15, 0.2) is 6.07 Å². The van der Waals surface area contributed by atoms with Crippen LogP contribution in [0.4, 0.5) is 0 Å². The molecule has 1 aliphatic rings. The van der Waals surface area contributed by atoms with Gasteiger partial charge in [-0.2, -0.15) is 5.26 Å². The molecule has 0 N–H and O–H groups in total. The monoisotopic (exact) mass is 262 g/mol. The molecule has 0 unspecified atom stereocenters. The Morgan fingerprint density at radius 2 is 2.28 bits per heavy atom. The van der Waals surface area contributed by atoms with Crippen molar-refractivity contribution in [2.45, 2.75) is 45.1 Å². The van der Waals surface area contributed by atoms with E-state index in [2.05, 4.69) is 13.0 Å². The van der Waals surface area contributed by atoms with Gasteiger partial charge in [-0.25, -0.2) is 0 Å². The lowest BCUT2D eigenvalue weighted by Crippen LogP contribution is -2.53. The van der Waals surface area contributed by atoms with Crippen LogP contribution >= 0.6 is 11.3 Å². The van der Waals surface area contributed by atoms with E-state index in [4.69, 9.17) is 0 Å². The summed E-state index contributed by atoms with van der Waals surface area (Å²) in [5.74, 6) is -0.0101. The molecular weight excluding hydrogens is 244 g/mol. The van der Waals surface area contributed by atoms with Gasteiger partial charge in [0.05, 0.1) is 10.9 Å². The van der Waals surface area contributed by atoms with Crippen molar-refractivity contribution in [3.05, 3.63) is 21.4 Å². The van der Waals surface area contributed by atoms with Gasteiger partial charge in [0.2, 0.25) is 0 Å². The van der Waals surface area contributed by atoms with E-state index in [0.29, 0.717) is 0 Å². The number of nitrogens with zero attached hydrogens (tertiary/aromatic N) is 2. The van der Waals surface area contributed by atoms with Crippen LogP contribution in [0.25, 0.3) is 0 Å². The van der Waals surface area contributed by atoms with E-state index >= 15 is 0 Å². The molecule has 0 atom stereocenters. The zero-order chi connectivity index (χ0) is 13.3. The molecule has 3 nitrogen and oxygen atoms in total. The Balaban J connectivity index is 2.23. The maximum Gasteiger partial charge on any atom is 0.264 e. The number of nitriles is 1. The zero-order valence-corrected chi connectivity index (χ0v) is 11.9. The summed E-state index contributed by atoms with van der Waals surface area (Å²) in [4.78, 5) is 16.1. The minimum atomic E-state index is -0.554. The lowest BCUT2D eigenvalue weighted by molar-refractivity contribution is 0.0502. The summed E-state index contributed by atoms with van der Waals surface area (Å²) in [7, 11) is 1.76. The summed E-state index contributed by atoms with van der Waals surface area (Å²) in [6.45, 7) is 4.13. The highest BCUT2D eigenvalue weighted by Gasteiger charge is 2.43. The lowest BCUT2D eigenvalue weighted by Gasteiger charge is -2.42. The molecule has 0 radical (unpaired) electrons. The summed E-state index contributed by atoms with van der Waals surface area (Å²) in [5, 5.41) is 9.27. The minimum absolute atomic E-state index is 0.0101. The summed E-state index contributed by atoms with van der Waals surface area (Å²) >= 11 is 1.56. The van der Waals surface area contributed by atoms with Crippen molar-refractivity contribution in [2.24, 2.45) is 0 Å². The number of carbonyl (C=O) groups is 1. The van der Waals surface area contributed by atoms with Crippen LogP contribution in [0.1, 0.15) is 46.3 Å². The summed E-state index contributed by atoms with van der Waals surface area (Å²) in [6.07, 6.45) is 3.60. The summed E-state index contributed by atoms with van der Waals surface area (Å²) < 4.78 is 0. The van der Waals surface area contributed by atoms with Gasteiger partial charge < -0.3 is 4.90 Å². The minimum Gasteiger partial charge on any atom is -0.322 e. The smallest absolute Gasteiger partial charge is 0.264 e. The summed E-state index contributed by atoms with van der Waals surface area (Å²) in [5.41, 5.74) is 0.625. The van der Waals surface area contributed by atoms with Gasteiger partial charge in [0.1, 0.15) is 5.54 Å². The molecule has 0 saturated heterocycles. The SMILES string of the molecule is CCc1sc(C(=O)N(C)C2(C#N)CCC2)cc1C. The third-order valence-electron chi connectivity index (χ3n) is 3.89. The molecule has 2 rings (SSSR count). The molecule has 1 saturated carbocycles. The number of aryl methyl sites for hydroxylation is 2. The molecule has 1 aliphatic carbocycles. The van der Waals surface area contributed by atoms with Crippen molar-refractivity contribution in [3.63, 3.8) is 0 Å². The van der Waals surface area contributed by atoms with Gasteiger partial charge in [-0.3, -0.25) is 4.79 Å². The molecule has 1 heterocycles. The van der Waals surface area contributed by atoms with Crippen LogP contribution in [-0.2, 0) is 6.42 Å². The largest absolute Gasteiger partial charge is 0.322 e. The number of carbonyl (C=O) groups excluding carboxylic acids is 1. The van der Waals surface area contributed by atoms with E-state index in [9.17, 15) is 10.1 Å². The van der Waals surface area contributed by atoms with Crippen molar-refractivity contribution < 1.29 is 4.79 Å². The molecule has 0 spiro atoms. The third kappa shape index (κ3) is 1.93. The third-order valence-corrected chi connectivity index (χ3v) is 5.26. The quantitative estimate of drug-likeness (QED) is 0.840. The molecule has 1 fully saturated rings. The number of hydrogen-bond acceptors (Lipinski definition) is 3. The second-order valence-electron chi connectivity index (χ2n) is 4.93. The van der Waals surface area contributed by atoms with E-state index < -0.39 is 5.54 Å². The number of hydrogen-bond donors (Lipinski definition) is 0. The van der Waals surface area contributed by atoms with Crippen LogP contribution in [0.3, 0.4) is 0 Å². The molecule has 1 aromatic rings. The van der Waals surface area contributed by atoms with Crippen molar-refractivity contribution in [1.29, 1.82) is 5.26 Å². The summed E-state index contributed by atoms with van der Waals surface area (Å²) in [6, 6.07) is 4.26. The molecule has 18 heavy (non-hydrogen) atoms. The number of rotatable bonds is 3. The van der Waals surface area contributed by atoms with Crippen LogP contribution in [0.2, 0.25) is 0 Å². The Labute approximate surface area is 112 Å². The van der Waals surface area contributed by atoms with Crippen LogP contribution in [-0.4, -0.2) is 23.4 Å². The number of amides is 1. The fourth-order valence-electron chi connectivity index (χ4n) is 2.37. The van der Waals surface area contributed by atoms with Crippen LogP contribution < -0.4 is 0 Å². The molecule has 1 aromatic heterocycles. The predicted molar refractivity (Wildman–Crippen MR) is 72.7 cm³/mol. The second-order valence-corrected chi connectivity index (χ2v) is 6.07. The first-order valence-corrected chi connectivity index (χ1v) is 7.14. The second kappa shape index (κ2) is 4.74. The first kappa shape index (κ1) is 13.1. The topological polar surface area (TPSA) is 44.1 Å². The first-order valence-electron chi connectivity index (χ1n) is 6.33. The van der Waals surface area contributed by atoms with Crippen molar-refractivity contribution in [3.8, 4) is 6.07 Å². The highest BCUT2D eigenvalue weighted by Crippen LogP contribution is 2.37. The van der Waals surface area contributed by atoms with Gasteiger partial charge in [-0.05, 0) is 44.2 Å². The molecule has 0 aromatic carbocycles. The Hall–Kier alpha value is -1.34. The Morgan fingerprint density at radius 1 is 1.61 bits per heavy atom. The van der Waals surface area contributed by atoms with Crippen molar-refractivity contribution in [2.75, 3.05) is 7.05 Å². The van der Waals surface area contributed by atoms with E-state index in [1.54, 1.807) is 23.3 Å². The predicted octanol–water partition coefficient (Wildman–Crippen LogP) is 3.14. The molecular formula is C14H18N2OS. The Kier molecular flexibility index (Phi) is 3.45. The van der Waals surface area contributed by atoms with E-state index in [-0.39, 0.29) is 5.91 Å². The molecule has 0 aliphatic heterocycles. The van der Waals surface area contributed by atoms with E-state index in [0.717, 1.165) is 30.6 Å². The van der Waals surface area contributed by atoms with Gasteiger partial charge in [0.15, 0.2) is 0 Å². The average molecular weight is 262 g/mol. The molecule has 4 heteroatoms. The van der Waals surface area contributed by atoms with Crippen molar-refractivity contribution >= 4 is 17.2 Å². The normalized spacial score (nSPS) is 16.8. The average Bonchev–Trinajstić information content (AvgIpc) is 2.68. The molecule has 1 amide bonds. The molecule has 0 bridgehead atoms. The standard InChI is InChI=1S/C14H18N2OS/c1-4-11-10(2)8-12(18-11)13(17)16(3)14(9-15)6-5-7-14/h8H,4-7H2,1-3H3. The highest BCUT2D eigenvalue weighted by atomic mass is 32.1. The van der Waals surface area contributed by atoms with Crippen molar-refractivity contribution in [1.82, 2.24) is 4.90 Å². The van der Waals surface area contributed by atoms with Gasteiger partial charge in [-0.15, -0.1) is 11.3 Å². The van der Waals surface area contributed by atoms with Crippen LogP contribution in [0, 0.1) is 18.3 Å². The highest BCUT2D eigenvalue weighted by molar-refractivity contribution is 7.14. The Bertz CT molecular complexity index is 508. The van der Waals surface area contributed by atoms with Gasteiger partial charge in [0.25, 0.3) is 5.91 Å². The maximum atomic E-state index is 12.4. The van der Waals surface area contributed by atoms with E-state index in [1.807, 2.05) is 13.0 Å². The van der Waals surface area contributed by atoms with Gasteiger partial charge in [-0.1, -0.05) is 6.92 Å². The first-order chi connectivity index (χ1) is 8.54. The maximum absolute atomic E-state index is 12.4. The Morgan fingerprint density at radius 3 is 2.67 bits per heavy atom. The van der Waals surface area contributed by atoms with Gasteiger partial charge in [0, 0.05) is 11.9 Å². The molecule has 96 valence electrons. The lowest BCUT2D eigenvalue weighted by atomic mass is 9.76. The number of thiophene rings is 1. The fourth-order valence-corrected chi connectivity index (χ4v) is 3.46. The fraction of sp³-hybridized carbons (Fsp3) is 0.571. The van der Waals surface area contributed by atoms with Gasteiger partial charge >= 0.3 is 0 Å². The van der Waals surface area contributed by atoms with Crippen LogP contribution in [0.5, 0.6) is 0 Å².